The number of esters is 3. The molecule has 3 aliphatic rings. The lowest BCUT2D eigenvalue weighted by Gasteiger charge is -2.35. The standard InChI is InChI=1S/C30H34O6.C4H9N.C2H6/c1-29(2,3)35-26(31)16-17-27(32)36-30(23-10-6-4-7-11-23,24-12-8-5-9-13-24)28(33)34-25-19-21-14-15-22(18-21)20-25;1-2-4-5-3-1;1-2/h4-13,16-17,21-22,25H,14-15,18-20H2,1-3H3;5H,1-4H2;1-2H3/b17-16+;;. The lowest BCUT2D eigenvalue weighted by molar-refractivity contribution is -0.182. The summed E-state index contributed by atoms with van der Waals surface area (Å²) < 4.78 is 17.3. The van der Waals surface area contributed by atoms with E-state index >= 15 is 0 Å². The van der Waals surface area contributed by atoms with Crippen molar-refractivity contribution in [3.05, 3.63) is 83.9 Å². The van der Waals surface area contributed by atoms with Gasteiger partial charge in [-0.1, -0.05) is 87.4 Å². The number of hydrogen-bond donors (Lipinski definition) is 1. The smallest absolute Gasteiger partial charge is 0.360 e. The van der Waals surface area contributed by atoms with Crippen LogP contribution in [-0.2, 0) is 34.2 Å². The summed E-state index contributed by atoms with van der Waals surface area (Å²) in [6.45, 7) is 11.7. The van der Waals surface area contributed by atoms with Crippen LogP contribution in [0.25, 0.3) is 0 Å². The van der Waals surface area contributed by atoms with Gasteiger partial charge in [-0.3, -0.25) is 0 Å². The van der Waals surface area contributed by atoms with Crippen LogP contribution in [-0.4, -0.2) is 42.7 Å². The predicted octanol–water partition coefficient (Wildman–Crippen LogP) is 6.89. The molecule has 2 saturated carbocycles. The molecular formula is C36H49NO6. The van der Waals surface area contributed by atoms with Gasteiger partial charge in [0, 0.05) is 23.3 Å². The molecule has 234 valence electrons. The van der Waals surface area contributed by atoms with Gasteiger partial charge in [-0.2, -0.15) is 0 Å². The zero-order valence-corrected chi connectivity index (χ0v) is 26.5. The molecule has 1 aliphatic heterocycles. The summed E-state index contributed by atoms with van der Waals surface area (Å²) in [6, 6.07) is 17.7. The van der Waals surface area contributed by atoms with E-state index in [1.54, 1.807) is 69.3 Å². The van der Waals surface area contributed by atoms with Crippen LogP contribution in [0.15, 0.2) is 72.8 Å². The van der Waals surface area contributed by atoms with Crippen molar-refractivity contribution in [3.8, 4) is 0 Å². The van der Waals surface area contributed by atoms with Crippen molar-refractivity contribution < 1.29 is 28.6 Å². The molecule has 2 bridgehead atoms. The summed E-state index contributed by atoms with van der Waals surface area (Å²) in [6.07, 6.45) is 9.76. The number of fused-ring (bicyclic) bond motifs is 2. The number of hydrogen-bond acceptors (Lipinski definition) is 7. The quantitative estimate of drug-likeness (QED) is 0.213. The van der Waals surface area contributed by atoms with E-state index in [9.17, 15) is 14.4 Å². The van der Waals surface area contributed by atoms with Crippen LogP contribution in [0.3, 0.4) is 0 Å². The third kappa shape index (κ3) is 10.1. The van der Waals surface area contributed by atoms with E-state index in [2.05, 4.69) is 5.32 Å². The lowest BCUT2D eigenvalue weighted by atomic mass is 9.84. The maximum absolute atomic E-state index is 14.0. The number of ether oxygens (including phenoxy) is 3. The van der Waals surface area contributed by atoms with Crippen molar-refractivity contribution in [1.82, 2.24) is 5.32 Å². The molecule has 43 heavy (non-hydrogen) atoms. The average molecular weight is 592 g/mol. The van der Waals surface area contributed by atoms with Gasteiger partial charge in [-0.05, 0) is 77.8 Å². The van der Waals surface area contributed by atoms with Crippen molar-refractivity contribution in [1.29, 1.82) is 0 Å². The minimum Gasteiger partial charge on any atom is -0.459 e. The van der Waals surface area contributed by atoms with Gasteiger partial charge in [0.2, 0.25) is 0 Å². The maximum Gasteiger partial charge on any atom is 0.360 e. The van der Waals surface area contributed by atoms with Gasteiger partial charge in [-0.25, -0.2) is 14.4 Å². The molecule has 1 heterocycles. The Morgan fingerprint density at radius 2 is 1.19 bits per heavy atom. The van der Waals surface area contributed by atoms with Crippen molar-refractivity contribution >= 4 is 17.9 Å². The topological polar surface area (TPSA) is 90.9 Å². The van der Waals surface area contributed by atoms with E-state index in [4.69, 9.17) is 14.2 Å². The first-order chi connectivity index (χ1) is 20.7. The summed E-state index contributed by atoms with van der Waals surface area (Å²) in [4.78, 5) is 39.2. The number of carbonyl (C=O) groups excluding carboxylic acids is 3. The molecule has 1 N–H and O–H groups in total. The molecule has 2 aliphatic carbocycles. The molecule has 0 spiro atoms. The van der Waals surface area contributed by atoms with Gasteiger partial charge in [-0.15, -0.1) is 0 Å². The Morgan fingerprint density at radius 1 is 0.721 bits per heavy atom. The van der Waals surface area contributed by atoms with Gasteiger partial charge < -0.3 is 19.5 Å². The van der Waals surface area contributed by atoms with Crippen LogP contribution in [0.5, 0.6) is 0 Å². The highest BCUT2D eigenvalue weighted by Crippen LogP contribution is 2.44. The second-order valence-corrected chi connectivity index (χ2v) is 12.2. The zero-order valence-electron chi connectivity index (χ0n) is 26.5. The van der Waals surface area contributed by atoms with Crippen molar-refractivity contribution in [2.24, 2.45) is 11.8 Å². The minimum atomic E-state index is -1.83. The van der Waals surface area contributed by atoms with Gasteiger partial charge in [0.15, 0.2) is 0 Å². The Hall–Kier alpha value is -3.45. The number of benzene rings is 2. The van der Waals surface area contributed by atoms with Crippen molar-refractivity contribution in [3.63, 3.8) is 0 Å². The highest BCUT2D eigenvalue weighted by molar-refractivity contribution is 5.95. The maximum atomic E-state index is 14.0. The lowest BCUT2D eigenvalue weighted by Crippen LogP contribution is -2.45. The Balaban J connectivity index is 0.000000644. The first-order valence-corrected chi connectivity index (χ1v) is 15.8. The fourth-order valence-corrected chi connectivity index (χ4v) is 5.97. The van der Waals surface area contributed by atoms with Gasteiger partial charge in [0.25, 0.3) is 5.60 Å². The highest BCUT2D eigenvalue weighted by atomic mass is 16.6. The summed E-state index contributed by atoms with van der Waals surface area (Å²) in [5, 5.41) is 3.22. The van der Waals surface area contributed by atoms with E-state index in [1.807, 2.05) is 26.0 Å². The Morgan fingerprint density at radius 3 is 1.60 bits per heavy atom. The summed E-state index contributed by atoms with van der Waals surface area (Å²) in [7, 11) is 0. The molecular weight excluding hydrogens is 542 g/mol. The van der Waals surface area contributed by atoms with E-state index in [-0.39, 0.29) is 6.10 Å². The van der Waals surface area contributed by atoms with E-state index in [1.165, 1.54) is 45.2 Å². The van der Waals surface area contributed by atoms with Crippen LogP contribution in [0.2, 0.25) is 0 Å². The molecule has 5 rings (SSSR count). The molecule has 3 fully saturated rings. The van der Waals surface area contributed by atoms with Crippen LogP contribution >= 0.6 is 0 Å². The number of rotatable bonds is 7. The third-order valence-electron chi connectivity index (χ3n) is 7.74. The first kappa shape index (κ1) is 34.0. The largest absolute Gasteiger partial charge is 0.459 e. The third-order valence-corrected chi connectivity index (χ3v) is 7.74. The summed E-state index contributed by atoms with van der Waals surface area (Å²) in [5.74, 6) is -1.02. The first-order valence-electron chi connectivity index (χ1n) is 15.8. The molecule has 2 atom stereocenters. The molecule has 2 aromatic rings. The molecule has 7 nitrogen and oxygen atoms in total. The normalized spacial score (nSPS) is 21.1. The van der Waals surface area contributed by atoms with Gasteiger partial charge in [0.05, 0.1) is 0 Å². The second-order valence-electron chi connectivity index (χ2n) is 12.2. The molecule has 7 heteroatoms. The van der Waals surface area contributed by atoms with Crippen LogP contribution < -0.4 is 5.32 Å². The van der Waals surface area contributed by atoms with Crippen molar-refractivity contribution in [2.75, 3.05) is 13.1 Å². The zero-order chi connectivity index (χ0) is 31.3. The van der Waals surface area contributed by atoms with Crippen LogP contribution in [0.4, 0.5) is 0 Å². The monoisotopic (exact) mass is 591 g/mol. The second kappa shape index (κ2) is 16.4. The fourth-order valence-electron chi connectivity index (χ4n) is 5.97. The predicted molar refractivity (Wildman–Crippen MR) is 168 cm³/mol. The highest BCUT2D eigenvalue weighted by Gasteiger charge is 2.49. The van der Waals surface area contributed by atoms with E-state index in [0.29, 0.717) is 23.0 Å². The summed E-state index contributed by atoms with van der Waals surface area (Å²) >= 11 is 0. The Kier molecular flexibility index (Phi) is 13.0. The average Bonchev–Trinajstić information content (AvgIpc) is 3.69. The SMILES string of the molecule is C1CCNC1.CC.CC(C)(C)OC(=O)/C=C/C(=O)OC(C(=O)OC1CC2CCC(C2)C1)(c1ccccc1)c1ccccc1. The fraction of sp³-hybridized carbons (Fsp3) is 0.528. The van der Waals surface area contributed by atoms with Gasteiger partial charge >= 0.3 is 17.9 Å². The number of carbonyl (C=O) groups is 3. The molecule has 1 saturated heterocycles. The summed E-state index contributed by atoms with van der Waals surface area (Å²) in [5.41, 5.74) is -1.58. The Bertz CT molecular complexity index is 1120. The van der Waals surface area contributed by atoms with Crippen LogP contribution in [0.1, 0.15) is 90.7 Å². The molecule has 0 amide bonds. The Labute approximate surface area is 257 Å². The van der Waals surface area contributed by atoms with E-state index in [0.717, 1.165) is 25.0 Å². The molecule has 2 unspecified atom stereocenters. The van der Waals surface area contributed by atoms with E-state index < -0.39 is 29.1 Å². The molecule has 0 aromatic heterocycles. The minimum absolute atomic E-state index is 0.216. The molecule has 0 radical (unpaired) electrons. The number of nitrogens with one attached hydrogen (secondary N) is 1. The van der Waals surface area contributed by atoms with Crippen LogP contribution in [0, 0.1) is 11.8 Å². The van der Waals surface area contributed by atoms with Crippen molar-refractivity contribution in [2.45, 2.75) is 96.9 Å². The van der Waals surface area contributed by atoms with Gasteiger partial charge in [0.1, 0.15) is 11.7 Å². The molecule has 2 aromatic carbocycles.